The van der Waals surface area contributed by atoms with Crippen molar-refractivity contribution in [2.75, 3.05) is 6.54 Å². The summed E-state index contributed by atoms with van der Waals surface area (Å²) >= 11 is 0. The predicted molar refractivity (Wildman–Crippen MR) is 43.8 cm³/mol. The van der Waals surface area contributed by atoms with Gasteiger partial charge in [0.2, 0.25) is 0 Å². The first-order valence-corrected chi connectivity index (χ1v) is 3.80. The number of hydrogen-bond acceptors (Lipinski definition) is 1. The van der Waals surface area contributed by atoms with Crippen LogP contribution in [0.2, 0.25) is 0 Å². The third-order valence-electron chi connectivity index (χ3n) is 1.84. The SMILES string of the molecule is C[C@H](CN)c1cc(F)ccc1F. The Kier molecular flexibility index (Phi) is 2.76. The van der Waals surface area contributed by atoms with E-state index in [9.17, 15) is 8.78 Å². The third kappa shape index (κ3) is 1.80. The molecule has 12 heavy (non-hydrogen) atoms. The fourth-order valence-corrected chi connectivity index (χ4v) is 1.02. The van der Waals surface area contributed by atoms with Crippen molar-refractivity contribution in [3.63, 3.8) is 0 Å². The van der Waals surface area contributed by atoms with Gasteiger partial charge in [-0.2, -0.15) is 0 Å². The standard InChI is InChI=1S/C9H11F2N/c1-6(5-12)8-4-7(10)2-3-9(8)11/h2-4,6H,5,12H2,1H3/t6-/m1/s1. The van der Waals surface area contributed by atoms with E-state index in [-0.39, 0.29) is 5.92 Å². The van der Waals surface area contributed by atoms with Gasteiger partial charge < -0.3 is 5.73 Å². The summed E-state index contributed by atoms with van der Waals surface area (Å²) in [7, 11) is 0. The lowest BCUT2D eigenvalue weighted by Gasteiger charge is -2.09. The Morgan fingerprint density at radius 3 is 2.67 bits per heavy atom. The van der Waals surface area contributed by atoms with Gasteiger partial charge >= 0.3 is 0 Å². The van der Waals surface area contributed by atoms with Crippen LogP contribution in [0.4, 0.5) is 8.78 Å². The minimum absolute atomic E-state index is 0.138. The minimum atomic E-state index is -0.424. The van der Waals surface area contributed by atoms with Gasteiger partial charge in [-0.05, 0) is 36.2 Å². The molecule has 3 heteroatoms. The quantitative estimate of drug-likeness (QED) is 0.723. The van der Waals surface area contributed by atoms with Gasteiger partial charge in [-0.25, -0.2) is 8.78 Å². The summed E-state index contributed by atoms with van der Waals surface area (Å²) in [4.78, 5) is 0. The Labute approximate surface area is 70.2 Å². The van der Waals surface area contributed by atoms with Crippen LogP contribution >= 0.6 is 0 Å². The fourth-order valence-electron chi connectivity index (χ4n) is 1.02. The maximum absolute atomic E-state index is 13.0. The minimum Gasteiger partial charge on any atom is -0.330 e. The molecule has 0 aliphatic rings. The van der Waals surface area contributed by atoms with Crippen LogP contribution in [-0.4, -0.2) is 6.54 Å². The molecule has 0 saturated heterocycles. The zero-order chi connectivity index (χ0) is 9.14. The Morgan fingerprint density at radius 2 is 2.08 bits per heavy atom. The molecule has 1 atom stereocenters. The average molecular weight is 171 g/mol. The second kappa shape index (κ2) is 3.63. The molecular weight excluding hydrogens is 160 g/mol. The molecule has 0 saturated carbocycles. The van der Waals surface area contributed by atoms with Crippen molar-refractivity contribution in [1.82, 2.24) is 0 Å². The predicted octanol–water partition coefficient (Wildman–Crippen LogP) is 2.03. The van der Waals surface area contributed by atoms with Crippen LogP contribution in [0.25, 0.3) is 0 Å². The molecule has 0 unspecified atom stereocenters. The van der Waals surface area contributed by atoms with E-state index < -0.39 is 11.6 Å². The molecule has 2 N–H and O–H groups in total. The van der Waals surface area contributed by atoms with Gasteiger partial charge in [-0.15, -0.1) is 0 Å². The van der Waals surface area contributed by atoms with Crippen LogP contribution in [-0.2, 0) is 0 Å². The lowest BCUT2D eigenvalue weighted by atomic mass is 10.0. The molecule has 0 aromatic heterocycles. The molecule has 0 aliphatic heterocycles. The number of rotatable bonds is 2. The number of nitrogens with two attached hydrogens (primary N) is 1. The van der Waals surface area contributed by atoms with Crippen molar-refractivity contribution in [2.45, 2.75) is 12.8 Å². The molecule has 0 bridgehead atoms. The van der Waals surface area contributed by atoms with Crippen LogP contribution in [0.5, 0.6) is 0 Å². The van der Waals surface area contributed by atoms with Gasteiger partial charge in [0.25, 0.3) is 0 Å². The van der Waals surface area contributed by atoms with E-state index in [4.69, 9.17) is 5.73 Å². The van der Waals surface area contributed by atoms with Crippen LogP contribution < -0.4 is 5.73 Å². The normalized spacial score (nSPS) is 13.0. The molecule has 0 radical (unpaired) electrons. The number of benzene rings is 1. The number of hydrogen-bond donors (Lipinski definition) is 1. The van der Waals surface area contributed by atoms with Crippen LogP contribution in [0.15, 0.2) is 18.2 Å². The monoisotopic (exact) mass is 171 g/mol. The summed E-state index contributed by atoms with van der Waals surface area (Å²) in [6.07, 6.45) is 0. The highest BCUT2D eigenvalue weighted by molar-refractivity contribution is 5.22. The highest BCUT2D eigenvalue weighted by Gasteiger charge is 2.09. The molecule has 0 aliphatic carbocycles. The molecule has 66 valence electrons. The first kappa shape index (κ1) is 9.13. The number of halogens is 2. The smallest absolute Gasteiger partial charge is 0.126 e. The van der Waals surface area contributed by atoms with Crippen molar-refractivity contribution >= 4 is 0 Å². The van der Waals surface area contributed by atoms with Crippen molar-refractivity contribution in [3.8, 4) is 0 Å². The topological polar surface area (TPSA) is 26.0 Å². The Bertz CT molecular complexity index is 273. The van der Waals surface area contributed by atoms with Gasteiger partial charge in [0, 0.05) is 0 Å². The summed E-state index contributed by atoms with van der Waals surface area (Å²) in [5.41, 5.74) is 5.68. The Morgan fingerprint density at radius 1 is 1.42 bits per heavy atom. The third-order valence-corrected chi connectivity index (χ3v) is 1.84. The molecule has 1 aromatic carbocycles. The fraction of sp³-hybridized carbons (Fsp3) is 0.333. The van der Waals surface area contributed by atoms with E-state index in [1.54, 1.807) is 6.92 Å². The molecule has 0 spiro atoms. The van der Waals surface area contributed by atoms with E-state index in [1.165, 1.54) is 6.07 Å². The summed E-state index contributed by atoms with van der Waals surface area (Å²) in [6, 6.07) is 3.41. The van der Waals surface area contributed by atoms with Crippen molar-refractivity contribution in [3.05, 3.63) is 35.4 Å². The average Bonchev–Trinajstić information content (AvgIpc) is 2.08. The van der Waals surface area contributed by atoms with E-state index in [1.807, 2.05) is 0 Å². The van der Waals surface area contributed by atoms with Crippen LogP contribution in [0.1, 0.15) is 18.4 Å². The molecule has 0 heterocycles. The second-order valence-electron chi connectivity index (χ2n) is 2.80. The van der Waals surface area contributed by atoms with E-state index in [0.29, 0.717) is 12.1 Å². The molecule has 0 amide bonds. The lowest BCUT2D eigenvalue weighted by molar-refractivity contribution is 0.569. The van der Waals surface area contributed by atoms with E-state index in [0.717, 1.165) is 12.1 Å². The maximum Gasteiger partial charge on any atom is 0.126 e. The Hall–Kier alpha value is -0.960. The maximum atomic E-state index is 13.0. The molecular formula is C9H11F2N. The van der Waals surface area contributed by atoms with Gasteiger partial charge in [-0.1, -0.05) is 6.92 Å². The van der Waals surface area contributed by atoms with Crippen molar-refractivity contribution < 1.29 is 8.78 Å². The molecule has 0 fully saturated rings. The molecule has 1 aromatic rings. The zero-order valence-electron chi connectivity index (χ0n) is 6.85. The highest BCUT2D eigenvalue weighted by atomic mass is 19.1. The lowest BCUT2D eigenvalue weighted by Crippen LogP contribution is -2.10. The molecule has 1 rings (SSSR count). The van der Waals surface area contributed by atoms with Crippen molar-refractivity contribution in [1.29, 1.82) is 0 Å². The second-order valence-corrected chi connectivity index (χ2v) is 2.80. The van der Waals surface area contributed by atoms with Gasteiger partial charge in [0.15, 0.2) is 0 Å². The van der Waals surface area contributed by atoms with E-state index in [2.05, 4.69) is 0 Å². The first-order chi connectivity index (χ1) is 5.65. The summed E-state index contributed by atoms with van der Waals surface area (Å²) < 4.78 is 25.6. The summed E-state index contributed by atoms with van der Waals surface area (Å²) in [5, 5.41) is 0. The van der Waals surface area contributed by atoms with Crippen molar-refractivity contribution in [2.24, 2.45) is 5.73 Å². The van der Waals surface area contributed by atoms with Crippen LogP contribution in [0, 0.1) is 11.6 Å². The summed E-state index contributed by atoms with van der Waals surface area (Å²) in [6.45, 7) is 2.08. The molecule has 1 nitrogen and oxygen atoms in total. The van der Waals surface area contributed by atoms with E-state index >= 15 is 0 Å². The highest BCUT2D eigenvalue weighted by Crippen LogP contribution is 2.18. The van der Waals surface area contributed by atoms with Gasteiger partial charge in [0.05, 0.1) is 0 Å². The first-order valence-electron chi connectivity index (χ1n) is 3.80. The van der Waals surface area contributed by atoms with Gasteiger partial charge in [-0.3, -0.25) is 0 Å². The Balaban J connectivity index is 3.04. The zero-order valence-corrected chi connectivity index (χ0v) is 6.85. The summed E-state index contributed by atoms with van der Waals surface area (Å²) in [5.74, 6) is -0.957. The van der Waals surface area contributed by atoms with Crippen LogP contribution in [0.3, 0.4) is 0 Å². The van der Waals surface area contributed by atoms with Gasteiger partial charge in [0.1, 0.15) is 11.6 Å². The largest absolute Gasteiger partial charge is 0.330 e.